The van der Waals surface area contributed by atoms with Crippen molar-refractivity contribution in [2.24, 2.45) is 4.99 Å². The van der Waals surface area contributed by atoms with Gasteiger partial charge in [-0.1, -0.05) is 13.8 Å². The maximum absolute atomic E-state index is 4.09. The highest BCUT2D eigenvalue weighted by Crippen LogP contribution is 2.14. The Balaban J connectivity index is 2.41. The van der Waals surface area contributed by atoms with Gasteiger partial charge >= 0.3 is 0 Å². The highest BCUT2D eigenvalue weighted by molar-refractivity contribution is 6.04. The second kappa shape index (κ2) is 2.12. The number of nitrogens with zero attached hydrogens (tertiary/aromatic N) is 1. The largest absolute Gasteiger partial charge is 0.261 e. The smallest absolute Gasteiger partial charge is 0.0448 e. The molecule has 8 heavy (non-hydrogen) atoms. The molecular weight excluding hydrogens is 98.1 g/mol. The second-order valence-electron chi connectivity index (χ2n) is 1.94. The Bertz CT molecular complexity index is 124. The molecule has 0 bridgehead atoms. The van der Waals surface area contributed by atoms with Gasteiger partial charge < -0.3 is 0 Å². The zero-order valence-electron chi connectivity index (χ0n) is 5.44. The number of rotatable bonds is 2. The number of hydrogen-bond acceptors (Lipinski definition) is 1. The molecule has 0 aliphatic carbocycles. The molecule has 1 aliphatic rings. The van der Waals surface area contributed by atoms with E-state index < -0.39 is 0 Å². The molecule has 0 amide bonds. The highest BCUT2D eigenvalue weighted by Gasteiger charge is 2.07. The monoisotopic (exact) mass is 109 g/mol. The molecule has 44 valence electrons. The van der Waals surface area contributed by atoms with E-state index in [1.54, 1.807) is 0 Å². The standard InChI is InChI=1S/C7H11N/c1-3-6-5-8-7(6)4-2/h5H,3-4H2,1-2H3. The molecule has 0 atom stereocenters. The highest BCUT2D eigenvalue weighted by atomic mass is 14.8. The van der Waals surface area contributed by atoms with Crippen LogP contribution in [0.4, 0.5) is 0 Å². The van der Waals surface area contributed by atoms with Crippen LogP contribution in [-0.2, 0) is 0 Å². The van der Waals surface area contributed by atoms with E-state index in [0.29, 0.717) is 0 Å². The molecule has 0 N–H and O–H groups in total. The van der Waals surface area contributed by atoms with Gasteiger partial charge in [-0.25, -0.2) is 0 Å². The van der Waals surface area contributed by atoms with Gasteiger partial charge in [0.05, 0.1) is 0 Å². The Labute approximate surface area is 50.1 Å². The molecule has 1 aliphatic heterocycles. The summed E-state index contributed by atoms with van der Waals surface area (Å²) in [7, 11) is 0. The van der Waals surface area contributed by atoms with E-state index in [1.807, 2.05) is 6.20 Å². The Morgan fingerprint density at radius 3 is 2.25 bits per heavy atom. The fourth-order valence-corrected chi connectivity index (χ4v) is 0.861. The van der Waals surface area contributed by atoms with E-state index in [1.165, 1.54) is 11.3 Å². The molecule has 0 saturated carbocycles. The molecule has 0 aromatic carbocycles. The molecule has 1 nitrogen and oxygen atoms in total. The van der Waals surface area contributed by atoms with Crippen molar-refractivity contribution in [2.75, 3.05) is 0 Å². The van der Waals surface area contributed by atoms with Crippen LogP contribution in [0.1, 0.15) is 26.7 Å². The first-order valence-electron chi connectivity index (χ1n) is 3.14. The average Bonchev–Trinajstić information content (AvgIpc) is 1.66. The van der Waals surface area contributed by atoms with Crippen LogP contribution >= 0.6 is 0 Å². The lowest BCUT2D eigenvalue weighted by Crippen LogP contribution is -2.06. The minimum atomic E-state index is 1.10. The zero-order valence-corrected chi connectivity index (χ0v) is 5.44. The number of hydrogen-bond donors (Lipinski definition) is 0. The summed E-state index contributed by atoms with van der Waals surface area (Å²) in [6, 6.07) is 0. The summed E-state index contributed by atoms with van der Waals surface area (Å²) in [4.78, 5) is 4.09. The second-order valence-corrected chi connectivity index (χ2v) is 1.94. The first-order valence-corrected chi connectivity index (χ1v) is 3.14. The fraction of sp³-hybridized carbons (Fsp3) is 0.571. The SMILES string of the molecule is CCC1=CN=C1CC. The Kier molecular flexibility index (Phi) is 1.47. The Morgan fingerprint density at radius 1 is 1.38 bits per heavy atom. The quantitative estimate of drug-likeness (QED) is 0.515. The minimum Gasteiger partial charge on any atom is -0.261 e. The number of allylic oxidation sites excluding steroid dienone is 1. The predicted molar refractivity (Wildman–Crippen MR) is 36.1 cm³/mol. The van der Waals surface area contributed by atoms with E-state index in [4.69, 9.17) is 0 Å². The molecular formula is C7H11N. The van der Waals surface area contributed by atoms with Gasteiger partial charge in [-0.2, -0.15) is 0 Å². The topological polar surface area (TPSA) is 12.4 Å². The van der Waals surface area contributed by atoms with Crippen molar-refractivity contribution in [2.45, 2.75) is 26.7 Å². The molecule has 0 spiro atoms. The molecule has 1 heteroatoms. The van der Waals surface area contributed by atoms with Crippen molar-refractivity contribution in [3.8, 4) is 0 Å². The van der Waals surface area contributed by atoms with Crippen LogP contribution in [0.25, 0.3) is 0 Å². The summed E-state index contributed by atoms with van der Waals surface area (Å²) < 4.78 is 0. The van der Waals surface area contributed by atoms with Crippen molar-refractivity contribution in [3.63, 3.8) is 0 Å². The van der Waals surface area contributed by atoms with Crippen molar-refractivity contribution in [1.29, 1.82) is 0 Å². The lowest BCUT2D eigenvalue weighted by atomic mass is 10.0. The molecule has 0 radical (unpaired) electrons. The van der Waals surface area contributed by atoms with Gasteiger partial charge in [-0.3, -0.25) is 4.99 Å². The van der Waals surface area contributed by atoms with Crippen LogP contribution in [0.3, 0.4) is 0 Å². The van der Waals surface area contributed by atoms with Gasteiger partial charge in [-0.15, -0.1) is 0 Å². The molecule has 1 heterocycles. The first-order chi connectivity index (χ1) is 3.88. The Hall–Kier alpha value is -0.590. The van der Waals surface area contributed by atoms with E-state index in [9.17, 15) is 0 Å². The van der Waals surface area contributed by atoms with Crippen LogP contribution in [0, 0.1) is 0 Å². The fourth-order valence-electron chi connectivity index (χ4n) is 0.861. The van der Waals surface area contributed by atoms with Crippen LogP contribution < -0.4 is 0 Å². The predicted octanol–water partition coefficient (Wildman–Crippen LogP) is 2.14. The van der Waals surface area contributed by atoms with E-state index in [-0.39, 0.29) is 0 Å². The molecule has 0 unspecified atom stereocenters. The van der Waals surface area contributed by atoms with Crippen LogP contribution in [-0.4, -0.2) is 5.71 Å². The molecule has 0 aromatic heterocycles. The van der Waals surface area contributed by atoms with Gasteiger partial charge in [-0.05, 0) is 18.4 Å². The van der Waals surface area contributed by atoms with Crippen LogP contribution in [0.5, 0.6) is 0 Å². The molecule has 0 aromatic rings. The maximum Gasteiger partial charge on any atom is 0.0448 e. The van der Waals surface area contributed by atoms with Crippen LogP contribution in [0.2, 0.25) is 0 Å². The Morgan fingerprint density at radius 2 is 2.12 bits per heavy atom. The summed E-state index contributed by atoms with van der Waals surface area (Å²) in [6.07, 6.45) is 4.20. The van der Waals surface area contributed by atoms with Crippen molar-refractivity contribution in [1.82, 2.24) is 0 Å². The van der Waals surface area contributed by atoms with E-state index in [2.05, 4.69) is 18.8 Å². The summed E-state index contributed by atoms with van der Waals surface area (Å²) in [5.41, 5.74) is 2.74. The maximum atomic E-state index is 4.09. The average molecular weight is 109 g/mol. The molecule has 0 fully saturated rings. The van der Waals surface area contributed by atoms with Gasteiger partial charge in [0.2, 0.25) is 0 Å². The third-order valence-electron chi connectivity index (χ3n) is 1.46. The van der Waals surface area contributed by atoms with Gasteiger partial charge in [0.1, 0.15) is 0 Å². The zero-order chi connectivity index (χ0) is 5.98. The summed E-state index contributed by atoms with van der Waals surface area (Å²) in [5, 5.41) is 0. The summed E-state index contributed by atoms with van der Waals surface area (Å²) in [5.74, 6) is 0. The van der Waals surface area contributed by atoms with E-state index >= 15 is 0 Å². The summed E-state index contributed by atoms with van der Waals surface area (Å²) in [6.45, 7) is 4.30. The summed E-state index contributed by atoms with van der Waals surface area (Å²) >= 11 is 0. The van der Waals surface area contributed by atoms with Gasteiger partial charge in [0.25, 0.3) is 0 Å². The molecule has 1 rings (SSSR count). The third kappa shape index (κ3) is 0.683. The van der Waals surface area contributed by atoms with Crippen molar-refractivity contribution < 1.29 is 0 Å². The lowest BCUT2D eigenvalue weighted by Gasteiger charge is -2.11. The first kappa shape index (κ1) is 5.54. The van der Waals surface area contributed by atoms with Crippen molar-refractivity contribution >= 4 is 5.71 Å². The van der Waals surface area contributed by atoms with Crippen molar-refractivity contribution in [3.05, 3.63) is 11.8 Å². The normalized spacial score (nSPS) is 16.8. The third-order valence-corrected chi connectivity index (χ3v) is 1.46. The lowest BCUT2D eigenvalue weighted by molar-refractivity contribution is 1.08. The van der Waals surface area contributed by atoms with Gasteiger partial charge in [0.15, 0.2) is 0 Å². The van der Waals surface area contributed by atoms with Gasteiger partial charge in [0, 0.05) is 11.9 Å². The minimum absolute atomic E-state index is 1.10. The number of aliphatic imine (C=N–C) groups is 1. The molecule has 0 saturated heterocycles. The van der Waals surface area contributed by atoms with E-state index in [0.717, 1.165) is 12.8 Å². The van der Waals surface area contributed by atoms with Crippen LogP contribution in [0.15, 0.2) is 16.8 Å².